The first-order valence-corrected chi connectivity index (χ1v) is 6.87. The van der Waals surface area contributed by atoms with Gasteiger partial charge in [0, 0.05) is 6.54 Å². The normalized spacial score (nSPS) is 10.2. The van der Waals surface area contributed by atoms with Crippen molar-refractivity contribution in [2.24, 2.45) is 0 Å². The van der Waals surface area contributed by atoms with Crippen LogP contribution in [-0.2, 0) is 6.54 Å². The smallest absolute Gasteiger partial charge is 0.172 e. The molecule has 0 bridgehead atoms. The van der Waals surface area contributed by atoms with Crippen LogP contribution >= 0.6 is 15.9 Å². The van der Waals surface area contributed by atoms with Crippen LogP contribution in [0.2, 0.25) is 0 Å². The van der Waals surface area contributed by atoms with Gasteiger partial charge >= 0.3 is 0 Å². The second-order valence-corrected chi connectivity index (χ2v) is 5.04. The Labute approximate surface area is 126 Å². The van der Waals surface area contributed by atoms with Gasteiger partial charge in [-0.1, -0.05) is 12.1 Å². The average Bonchev–Trinajstić information content (AvgIpc) is 2.48. The summed E-state index contributed by atoms with van der Waals surface area (Å²) in [6, 6.07) is 11.4. The summed E-state index contributed by atoms with van der Waals surface area (Å²) in [6.07, 6.45) is 0. The summed E-state index contributed by atoms with van der Waals surface area (Å²) in [5.41, 5.74) is 1.90. The molecule has 4 nitrogen and oxygen atoms in total. The van der Waals surface area contributed by atoms with Gasteiger partial charge in [0.1, 0.15) is 5.75 Å². The Bertz CT molecular complexity index is 602. The lowest BCUT2D eigenvalue weighted by Gasteiger charge is -2.12. The van der Waals surface area contributed by atoms with Crippen LogP contribution in [0.1, 0.15) is 5.56 Å². The third kappa shape index (κ3) is 3.17. The minimum atomic E-state index is 0.105. The van der Waals surface area contributed by atoms with E-state index in [0.717, 1.165) is 17.0 Å². The summed E-state index contributed by atoms with van der Waals surface area (Å²) >= 11 is 3.31. The molecule has 0 aromatic heterocycles. The molecular weight excluding hydrogens is 322 g/mol. The van der Waals surface area contributed by atoms with Gasteiger partial charge in [0.2, 0.25) is 0 Å². The minimum absolute atomic E-state index is 0.105. The first-order valence-electron chi connectivity index (χ1n) is 6.08. The van der Waals surface area contributed by atoms with E-state index in [-0.39, 0.29) is 5.75 Å². The molecule has 0 heterocycles. The Hall–Kier alpha value is -1.88. The van der Waals surface area contributed by atoms with E-state index in [1.165, 1.54) is 7.11 Å². The molecule has 2 aromatic carbocycles. The van der Waals surface area contributed by atoms with Crippen molar-refractivity contribution in [2.75, 3.05) is 19.5 Å². The lowest BCUT2D eigenvalue weighted by atomic mass is 10.2. The fraction of sp³-hybridized carbons (Fsp3) is 0.200. The van der Waals surface area contributed by atoms with Gasteiger partial charge in [0.05, 0.1) is 24.4 Å². The molecule has 0 spiro atoms. The van der Waals surface area contributed by atoms with Crippen LogP contribution in [0.4, 0.5) is 5.69 Å². The number of benzene rings is 2. The van der Waals surface area contributed by atoms with E-state index in [0.29, 0.717) is 16.8 Å². The molecule has 0 atom stereocenters. The van der Waals surface area contributed by atoms with E-state index in [1.54, 1.807) is 13.2 Å². The molecule has 2 aromatic rings. The molecular formula is C15H16BrNO3. The number of nitrogens with one attached hydrogen (secondary N) is 1. The molecule has 20 heavy (non-hydrogen) atoms. The second-order valence-electron chi connectivity index (χ2n) is 4.18. The maximum absolute atomic E-state index is 9.78. The molecule has 0 saturated carbocycles. The van der Waals surface area contributed by atoms with Crippen LogP contribution in [0.15, 0.2) is 40.9 Å². The van der Waals surface area contributed by atoms with Gasteiger partial charge in [0.15, 0.2) is 11.5 Å². The maximum atomic E-state index is 9.78. The largest absolute Gasteiger partial charge is 0.503 e. The number of methoxy groups -OCH3 is 2. The monoisotopic (exact) mass is 337 g/mol. The lowest BCUT2D eigenvalue weighted by molar-refractivity contribution is 0.371. The Morgan fingerprint density at radius 1 is 1.10 bits per heavy atom. The molecule has 0 aliphatic carbocycles. The molecule has 0 saturated heterocycles. The van der Waals surface area contributed by atoms with Crippen LogP contribution in [0.5, 0.6) is 17.2 Å². The predicted molar refractivity (Wildman–Crippen MR) is 82.7 cm³/mol. The average molecular weight is 338 g/mol. The van der Waals surface area contributed by atoms with Gasteiger partial charge < -0.3 is 19.9 Å². The highest BCUT2D eigenvalue weighted by Crippen LogP contribution is 2.35. The van der Waals surface area contributed by atoms with Gasteiger partial charge in [-0.2, -0.15) is 0 Å². The highest BCUT2D eigenvalue weighted by atomic mass is 79.9. The van der Waals surface area contributed by atoms with Crippen molar-refractivity contribution < 1.29 is 14.6 Å². The third-order valence-electron chi connectivity index (χ3n) is 2.90. The number of rotatable bonds is 5. The number of para-hydroxylation sites is 2. The van der Waals surface area contributed by atoms with E-state index in [2.05, 4.69) is 21.2 Å². The summed E-state index contributed by atoms with van der Waals surface area (Å²) in [6.45, 7) is 0.593. The summed E-state index contributed by atoms with van der Waals surface area (Å²) in [4.78, 5) is 0. The fourth-order valence-corrected chi connectivity index (χ4v) is 2.36. The molecule has 0 radical (unpaired) electrons. The Kier molecular flexibility index (Phi) is 4.74. The number of anilines is 1. The van der Waals surface area contributed by atoms with Gasteiger partial charge in [-0.3, -0.25) is 0 Å². The van der Waals surface area contributed by atoms with E-state index < -0.39 is 0 Å². The van der Waals surface area contributed by atoms with Crippen molar-refractivity contribution in [3.63, 3.8) is 0 Å². The first-order chi connectivity index (χ1) is 9.65. The number of hydrogen-bond acceptors (Lipinski definition) is 4. The number of phenolic OH excluding ortho intramolecular Hbond substituents is 1. The molecule has 106 valence electrons. The van der Waals surface area contributed by atoms with Crippen molar-refractivity contribution in [1.82, 2.24) is 0 Å². The Morgan fingerprint density at radius 2 is 1.80 bits per heavy atom. The maximum Gasteiger partial charge on any atom is 0.172 e. The van der Waals surface area contributed by atoms with E-state index in [1.807, 2.05) is 30.3 Å². The molecule has 0 fully saturated rings. The van der Waals surface area contributed by atoms with E-state index in [9.17, 15) is 5.11 Å². The topological polar surface area (TPSA) is 50.7 Å². The zero-order valence-corrected chi connectivity index (χ0v) is 12.9. The number of phenols is 1. The molecule has 0 aliphatic heterocycles. The van der Waals surface area contributed by atoms with Gasteiger partial charge in [0.25, 0.3) is 0 Å². The van der Waals surface area contributed by atoms with Crippen LogP contribution in [0, 0.1) is 0 Å². The molecule has 0 unspecified atom stereocenters. The van der Waals surface area contributed by atoms with Crippen LogP contribution < -0.4 is 14.8 Å². The summed E-state index contributed by atoms with van der Waals surface area (Å²) in [5, 5.41) is 13.1. The minimum Gasteiger partial charge on any atom is -0.503 e. The zero-order chi connectivity index (χ0) is 14.5. The van der Waals surface area contributed by atoms with Crippen molar-refractivity contribution >= 4 is 21.6 Å². The fourth-order valence-electron chi connectivity index (χ4n) is 1.87. The number of halogens is 1. The molecule has 0 aliphatic rings. The number of aromatic hydroxyl groups is 1. The highest BCUT2D eigenvalue weighted by molar-refractivity contribution is 9.10. The molecule has 2 rings (SSSR count). The zero-order valence-electron chi connectivity index (χ0n) is 11.3. The third-order valence-corrected chi connectivity index (χ3v) is 3.50. The standard InChI is InChI=1S/C15H16BrNO3/c1-19-13-6-4-3-5-12(13)17-9-10-7-11(16)15(18)14(8-10)20-2/h3-8,17-18H,9H2,1-2H3. The van der Waals surface area contributed by atoms with Crippen molar-refractivity contribution in [2.45, 2.75) is 6.54 Å². The van der Waals surface area contributed by atoms with Crippen LogP contribution in [-0.4, -0.2) is 19.3 Å². The van der Waals surface area contributed by atoms with Gasteiger partial charge in [-0.05, 0) is 45.8 Å². The van der Waals surface area contributed by atoms with Crippen molar-refractivity contribution in [3.8, 4) is 17.2 Å². The van der Waals surface area contributed by atoms with E-state index in [4.69, 9.17) is 9.47 Å². The van der Waals surface area contributed by atoms with E-state index >= 15 is 0 Å². The quantitative estimate of drug-likeness (QED) is 0.871. The Balaban J connectivity index is 2.17. The predicted octanol–water partition coefficient (Wildman–Crippen LogP) is 3.78. The molecule has 0 amide bonds. The van der Waals surface area contributed by atoms with Gasteiger partial charge in [-0.25, -0.2) is 0 Å². The molecule has 2 N–H and O–H groups in total. The number of ether oxygens (including phenoxy) is 2. The lowest BCUT2D eigenvalue weighted by Crippen LogP contribution is -2.01. The van der Waals surface area contributed by atoms with Crippen LogP contribution in [0.25, 0.3) is 0 Å². The van der Waals surface area contributed by atoms with Crippen LogP contribution in [0.3, 0.4) is 0 Å². The number of hydrogen-bond donors (Lipinski definition) is 2. The summed E-state index contributed by atoms with van der Waals surface area (Å²) in [7, 11) is 3.17. The van der Waals surface area contributed by atoms with Gasteiger partial charge in [-0.15, -0.1) is 0 Å². The molecule has 5 heteroatoms. The second kappa shape index (κ2) is 6.52. The van der Waals surface area contributed by atoms with Crippen molar-refractivity contribution in [3.05, 3.63) is 46.4 Å². The summed E-state index contributed by atoms with van der Waals surface area (Å²) in [5.74, 6) is 1.34. The Morgan fingerprint density at radius 3 is 2.50 bits per heavy atom. The summed E-state index contributed by atoms with van der Waals surface area (Å²) < 4.78 is 11.0. The SMILES string of the molecule is COc1ccccc1NCc1cc(Br)c(O)c(OC)c1. The van der Waals surface area contributed by atoms with Crippen molar-refractivity contribution in [1.29, 1.82) is 0 Å². The first kappa shape index (κ1) is 14.5. The highest BCUT2D eigenvalue weighted by Gasteiger charge is 2.09.